The Morgan fingerprint density at radius 2 is 1.58 bits per heavy atom. The Bertz CT molecular complexity index is 1570. The normalized spacial score (nSPS) is 12.4. The fourth-order valence-electron chi connectivity index (χ4n) is 3.71. The highest BCUT2D eigenvalue weighted by Crippen LogP contribution is 2.54. The van der Waals surface area contributed by atoms with Crippen molar-refractivity contribution >= 4 is 45.8 Å². The summed E-state index contributed by atoms with van der Waals surface area (Å²) in [6, 6.07) is 5.94. The van der Waals surface area contributed by atoms with Crippen molar-refractivity contribution in [2.45, 2.75) is 24.2 Å². The molecule has 0 aliphatic rings. The van der Waals surface area contributed by atoms with Gasteiger partial charge in [0.1, 0.15) is 6.54 Å². The van der Waals surface area contributed by atoms with Gasteiger partial charge in [-0.15, -0.1) is 0 Å². The molecule has 1 aromatic heterocycles. The lowest BCUT2D eigenvalue weighted by atomic mass is 9.92. The first-order valence-corrected chi connectivity index (χ1v) is 12.3. The highest BCUT2D eigenvalue weighted by molar-refractivity contribution is 14.1. The van der Waals surface area contributed by atoms with E-state index in [1.165, 1.54) is 18.3 Å². The summed E-state index contributed by atoms with van der Waals surface area (Å²) in [5.41, 5.74) is -14.2. The first kappa shape index (κ1) is 33.5. The number of hydrogen-bond donors (Lipinski definition) is 1. The van der Waals surface area contributed by atoms with Crippen molar-refractivity contribution in [1.82, 2.24) is 4.98 Å². The van der Waals surface area contributed by atoms with Gasteiger partial charge in [-0.3, -0.25) is 19.5 Å². The minimum absolute atomic E-state index is 0.113. The predicted octanol–water partition coefficient (Wildman–Crippen LogP) is 7.56. The smallest absolute Gasteiger partial charge is 0.320 e. The summed E-state index contributed by atoms with van der Waals surface area (Å²) in [7, 11) is 0. The van der Waals surface area contributed by atoms with Crippen LogP contribution in [0.4, 0.5) is 59.7 Å². The number of hydrogen-bond acceptors (Lipinski definition) is 4. The molecule has 6 nitrogen and oxygen atoms in total. The van der Waals surface area contributed by atoms with Gasteiger partial charge in [0.2, 0.25) is 0 Å². The highest BCUT2D eigenvalue weighted by Gasteiger charge is 2.73. The van der Waals surface area contributed by atoms with Crippen LogP contribution in [0.15, 0.2) is 54.9 Å². The van der Waals surface area contributed by atoms with E-state index in [0.29, 0.717) is 4.90 Å². The van der Waals surface area contributed by atoms with Gasteiger partial charge in [-0.05, 0) is 59.0 Å². The molecule has 0 saturated heterocycles. The van der Waals surface area contributed by atoms with E-state index >= 15 is 4.39 Å². The number of nitrogens with zero attached hydrogens (tertiary/aromatic N) is 3. The second-order valence-electron chi connectivity index (χ2n) is 8.42. The highest BCUT2D eigenvalue weighted by atomic mass is 127. The molecule has 3 aromatic rings. The van der Waals surface area contributed by atoms with E-state index in [2.05, 4.69) is 4.98 Å². The largest absolute Gasteiger partial charge is 0.435 e. The van der Waals surface area contributed by atoms with Crippen molar-refractivity contribution in [3.63, 3.8) is 0 Å². The second kappa shape index (κ2) is 11.9. The molecule has 0 saturated carbocycles. The molecule has 3 rings (SSSR count). The lowest BCUT2D eigenvalue weighted by molar-refractivity contribution is -0.348. The molecule has 18 heteroatoms. The molecule has 228 valence electrons. The number of pyridine rings is 1. The minimum atomic E-state index is -6.73. The average Bonchev–Trinajstić information content (AvgIpc) is 2.90. The summed E-state index contributed by atoms with van der Waals surface area (Å²) in [4.78, 5) is 30.1. The second-order valence-corrected chi connectivity index (χ2v) is 9.58. The summed E-state index contributed by atoms with van der Waals surface area (Å²) < 4.78 is 150. The van der Waals surface area contributed by atoms with Gasteiger partial charge in [0.05, 0.1) is 34.1 Å². The molecule has 2 aromatic carbocycles. The fourth-order valence-corrected chi connectivity index (χ4v) is 4.47. The molecule has 0 bridgehead atoms. The summed E-state index contributed by atoms with van der Waals surface area (Å²) >= 11 is 0.848. The molecule has 2 amide bonds. The van der Waals surface area contributed by atoms with Crippen LogP contribution in [-0.4, -0.2) is 35.7 Å². The van der Waals surface area contributed by atoms with Crippen LogP contribution in [0.3, 0.4) is 0 Å². The van der Waals surface area contributed by atoms with Gasteiger partial charge in [0, 0.05) is 21.5 Å². The minimum Gasteiger partial charge on any atom is -0.320 e. The first-order valence-electron chi connectivity index (χ1n) is 11.2. The fraction of sp³-hybridized carbons (Fsp3) is 0.200. The quantitative estimate of drug-likeness (QED) is 0.161. The summed E-state index contributed by atoms with van der Waals surface area (Å²) in [5, 5.41) is 10.7. The Labute approximate surface area is 247 Å². The zero-order valence-electron chi connectivity index (χ0n) is 20.6. The topological polar surface area (TPSA) is 86.1 Å². The predicted molar refractivity (Wildman–Crippen MR) is 135 cm³/mol. The number of halogens is 12. The summed E-state index contributed by atoms with van der Waals surface area (Å²) in [6.45, 7) is -0.767. The number of aromatic nitrogens is 1. The number of nitriles is 1. The number of amides is 2. The number of carbonyl (C=O) groups is 2. The third kappa shape index (κ3) is 6.50. The Morgan fingerprint density at radius 3 is 2.09 bits per heavy atom. The molecule has 1 heterocycles. The maximum Gasteiger partial charge on any atom is 0.435 e. The third-order valence-corrected chi connectivity index (χ3v) is 6.56. The molecule has 0 spiro atoms. The van der Waals surface area contributed by atoms with Crippen molar-refractivity contribution < 1.29 is 57.9 Å². The standard InChI is InChI=1S/C25H12F11IN4O2/c26-18-14(4-1-5-17(18)41(8-6-38)21(43)12-3-2-7-39-11-12)20(42)40-19-15(23(28,29)30)9-13(10-16(19)37)22(27,24(31,32)33)25(34,35)36/h1-5,7,9-11H,8H2,(H,40,42). The molecule has 0 aliphatic heterocycles. The van der Waals surface area contributed by atoms with Gasteiger partial charge < -0.3 is 5.32 Å². The van der Waals surface area contributed by atoms with E-state index in [9.17, 15) is 53.5 Å². The molecule has 0 unspecified atom stereocenters. The molecule has 0 atom stereocenters. The number of rotatable bonds is 6. The monoisotopic (exact) mass is 736 g/mol. The van der Waals surface area contributed by atoms with Crippen LogP contribution in [-0.2, 0) is 11.8 Å². The third-order valence-electron chi connectivity index (χ3n) is 5.71. The zero-order chi connectivity index (χ0) is 32.5. The van der Waals surface area contributed by atoms with Crippen LogP contribution in [0.5, 0.6) is 0 Å². The molecule has 0 radical (unpaired) electrons. The number of nitrogens with one attached hydrogen (secondary N) is 1. The van der Waals surface area contributed by atoms with Crippen LogP contribution in [0.2, 0.25) is 0 Å². The van der Waals surface area contributed by atoms with Gasteiger partial charge in [-0.2, -0.15) is 44.8 Å². The van der Waals surface area contributed by atoms with Crippen molar-refractivity contribution in [1.29, 1.82) is 5.26 Å². The van der Waals surface area contributed by atoms with Crippen molar-refractivity contribution in [3.05, 3.63) is 86.5 Å². The van der Waals surface area contributed by atoms with Crippen LogP contribution in [0.25, 0.3) is 0 Å². The van der Waals surface area contributed by atoms with Crippen molar-refractivity contribution in [3.8, 4) is 6.07 Å². The molecule has 43 heavy (non-hydrogen) atoms. The molecule has 0 aliphatic carbocycles. The number of benzene rings is 2. The Morgan fingerprint density at radius 1 is 0.953 bits per heavy atom. The lowest BCUT2D eigenvalue weighted by Crippen LogP contribution is -2.50. The van der Waals surface area contributed by atoms with Gasteiger partial charge in [-0.1, -0.05) is 6.07 Å². The van der Waals surface area contributed by atoms with Crippen LogP contribution >= 0.6 is 22.6 Å². The number of alkyl halides is 10. The molecular weight excluding hydrogens is 724 g/mol. The first-order chi connectivity index (χ1) is 19.8. The Kier molecular flexibility index (Phi) is 9.29. The van der Waals surface area contributed by atoms with E-state index < -0.39 is 86.1 Å². The Balaban J connectivity index is 2.12. The number of carbonyl (C=O) groups excluding carboxylic acids is 2. The van der Waals surface area contributed by atoms with Crippen molar-refractivity contribution in [2.75, 3.05) is 16.8 Å². The van der Waals surface area contributed by atoms with E-state index in [1.807, 2.05) is 0 Å². The Hall–Kier alpha value is -4.02. The molecule has 1 N–H and O–H groups in total. The maximum absolute atomic E-state index is 15.5. The molecular formula is C25H12F11IN4O2. The SMILES string of the molecule is N#CCN(C(=O)c1cccnc1)c1cccc(C(=O)Nc2c(I)cc(C(F)(C(F)(F)F)C(F)(F)F)cc2C(F)(F)F)c1F. The van der Waals surface area contributed by atoms with Crippen LogP contribution in [0.1, 0.15) is 31.8 Å². The molecule has 0 fully saturated rings. The number of anilines is 2. The maximum atomic E-state index is 15.5. The van der Waals surface area contributed by atoms with Crippen LogP contribution < -0.4 is 10.2 Å². The van der Waals surface area contributed by atoms with Crippen molar-refractivity contribution in [2.24, 2.45) is 0 Å². The average molecular weight is 736 g/mol. The van der Waals surface area contributed by atoms with Gasteiger partial charge in [0.15, 0.2) is 5.82 Å². The van der Waals surface area contributed by atoms with E-state index in [4.69, 9.17) is 5.26 Å². The van der Waals surface area contributed by atoms with Gasteiger partial charge >= 0.3 is 24.2 Å². The summed E-state index contributed by atoms with van der Waals surface area (Å²) in [5.74, 6) is -4.16. The van der Waals surface area contributed by atoms with Crippen LogP contribution in [0, 0.1) is 20.7 Å². The summed E-state index contributed by atoms with van der Waals surface area (Å²) in [6.07, 6.45) is -16.8. The van der Waals surface area contributed by atoms with Gasteiger partial charge in [-0.25, -0.2) is 8.78 Å². The zero-order valence-corrected chi connectivity index (χ0v) is 22.8. The lowest BCUT2D eigenvalue weighted by Gasteiger charge is -2.31. The van der Waals surface area contributed by atoms with Gasteiger partial charge in [0.25, 0.3) is 11.8 Å². The van der Waals surface area contributed by atoms with E-state index in [0.717, 1.165) is 47.0 Å². The van der Waals surface area contributed by atoms with E-state index in [1.54, 1.807) is 11.4 Å². The van der Waals surface area contributed by atoms with E-state index in [-0.39, 0.29) is 11.6 Å².